The molecule has 1 amide bonds. The maximum atomic E-state index is 11.9. The van der Waals surface area contributed by atoms with Gasteiger partial charge in [-0.1, -0.05) is 6.92 Å². The van der Waals surface area contributed by atoms with Crippen LogP contribution in [0.15, 0.2) is 18.2 Å². The molecule has 1 atom stereocenters. The van der Waals surface area contributed by atoms with Gasteiger partial charge in [0.2, 0.25) is 0 Å². The van der Waals surface area contributed by atoms with Crippen LogP contribution in [0.25, 0.3) is 0 Å². The van der Waals surface area contributed by atoms with Crippen molar-refractivity contribution in [1.29, 1.82) is 0 Å². The Kier molecular flexibility index (Phi) is 5.45. The Bertz CT molecular complexity index is 407. The number of carbonyl (C=O) groups is 1. The zero-order valence-corrected chi connectivity index (χ0v) is 11.0. The fourth-order valence-electron chi connectivity index (χ4n) is 1.43. The molecule has 0 fully saturated rings. The van der Waals surface area contributed by atoms with Gasteiger partial charge in [-0.15, -0.1) is 0 Å². The molecule has 0 aliphatic heterocycles. The maximum Gasteiger partial charge on any atom is 0.253 e. The lowest BCUT2D eigenvalue weighted by molar-refractivity contribution is -0.126. The summed E-state index contributed by atoms with van der Waals surface area (Å²) in [6, 6.07) is 5.08. The number of hydrogen-bond acceptors (Lipinski definition) is 4. The van der Waals surface area contributed by atoms with Crippen molar-refractivity contribution in [2.45, 2.75) is 26.4 Å². The van der Waals surface area contributed by atoms with Gasteiger partial charge in [0.25, 0.3) is 5.91 Å². The molecule has 1 aromatic carbocycles. The zero-order chi connectivity index (χ0) is 13.5. The summed E-state index contributed by atoms with van der Waals surface area (Å²) in [5, 5.41) is 2.74. The normalized spacial score (nSPS) is 11.9. The van der Waals surface area contributed by atoms with Gasteiger partial charge in [0.15, 0.2) is 0 Å². The number of nitrogen functional groups attached to an aromatic ring is 1. The molecular weight excluding hydrogens is 232 g/mol. The van der Waals surface area contributed by atoms with Crippen molar-refractivity contribution in [1.82, 2.24) is 0 Å². The van der Waals surface area contributed by atoms with E-state index in [1.54, 1.807) is 25.1 Å². The van der Waals surface area contributed by atoms with Crippen molar-refractivity contribution in [2.75, 3.05) is 24.8 Å². The molecular formula is C13H20N2O3. The highest BCUT2D eigenvalue weighted by molar-refractivity contribution is 5.95. The molecule has 0 bridgehead atoms. The highest BCUT2D eigenvalue weighted by atomic mass is 16.5. The fourth-order valence-corrected chi connectivity index (χ4v) is 1.43. The molecule has 3 N–H and O–H groups in total. The lowest BCUT2D eigenvalue weighted by Gasteiger charge is -2.15. The van der Waals surface area contributed by atoms with Gasteiger partial charge in [0.1, 0.15) is 11.9 Å². The molecule has 0 aromatic heterocycles. The number of nitrogens with one attached hydrogen (secondary N) is 1. The van der Waals surface area contributed by atoms with Crippen molar-refractivity contribution in [3.63, 3.8) is 0 Å². The van der Waals surface area contributed by atoms with Crippen molar-refractivity contribution >= 4 is 17.3 Å². The second-order valence-corrected chi connectivity index (χ2v) is 3.96. The average molecular weight is 252 g/mol. The standard InChI is InChI=1S/C13H20N2O3/c1-4-7-18-9(2)13(16)15-11-8-10(14)5-6-12(11)17-3/h5-6,8-9H,4,7,14H2,1-3H3,(H,15,16). The quantitative estimate of drug-likeness (QED) is 0.760. The van der Waals surface area contributed by atoms with Gasteiger partial charge in [0.05, 0.1) is 12.8 Å². The van der Waals surface area contributed by atoms with Crippen molar-refractivity contribution < 1.29 is 14.3 Å². The van der Waals surface area contributed by atoms with Gasteiger partial charge in [-0.3, -0.25) is 4.79 Å². The molecule has 0 aliphatic carbocycles. The first-order valence-electron chi connectivity index (χ1n) is 5.94. The number of nitrogens with two attached hydrogens (primary N) is 1. The highest BCUT2D eigenvalue weighted by Gasteiger charge is 2.15. The predicted octanol–water partition coefficient (Wildman–Crippen LogP) is 2.03. The molecule has 5 heteroatoms. The van der Waals surface area contributed by atoms with Gasteiger partial charge in [-0.05, 0) is 31.5 Å². The van der Waals surface area contributed by atoms with Crippen LogP contribution in [0.2, 0.25) is 0 Å². The van der Waals surface area contributed by atoms with Crippen LogP contribution in [0.5, 0.6) is 5.75 Å². The molecule has 0 radical (unpaired) electrons. The summed E-state index contributed by atoms with van der Waals surface area (Å²) in [5.41, 5.74) is 6.79. The third-order valence-corrected chi connectivity index (χ3v) is 2.42. The number of methoxy groups -OCH3 is 1. The van der Waals surface area contributed by atoms with E-state index in [1.807, 2.05) is 6.92 Å². The van der Waals surface area contributed by atoms with E-state index in [-0.39, 0.29) is 5.91 Å². The Labute approximate surface area is 107 Å². The van der Waals surface area contributed by atoms with Crippen molar-refractivity contribution in [3.8, 4) is 5.75 Å². The summed E-state index contributed by atoms with van der Waals surface area (Å²) in [4.78, 5) is 11.9. The molecule has 0 aliphatic rings. The van der Waals surface area contributed by atoms with Crippen LogP contribution in [-0.4, -0.2) is 25.7 Å². The summed E-state index contributed by atoms with van der Waals surface area (Å²) in [5.74, 6) is 0.354. The van der Waals surface area contributed by atoms with Crippen molar-refractivity contribution in [2.24, 2.45) is 0 Å². The minimum atomic E-state index is -0.504. The average Bonchev–Trinajstić information content (AvgIpc) is 2.36. The maximum absolute atomic E-state index is 11.9. The Balaban J connectivity index is 2.71. The lowest BCUT2D eigenvalue weighted by Crippen LogP contribution is -2.28. The first-order chi connectivity index (χ1) is 8.58. The molecule has 5 nitrogen and oxygen atoms in total. The fraction of sp³-hybridized carbons (Fsp3) is 0.462. The van der Waals surface area contributed by atoms with Crippen molar-refractivity contribution in [3.05, 3.63) is 18.2 Å². The van der Waals surface area contributed by atoms with Gasteiger partial charge in [-0.25, -0.2) is 0 Å². The summed E-state index contributed by atoms with van der Waals surface area (Å²) in [6.07, 6.45) is 0.371. The minimum absolute atomic E-state index is 0.215. The Morgan fingerprint density at radius 1 is 1.50 bits per heavy atom. The van der Waals surface area contributed by atoms with Crippen LogP contribution in [-0.2, 0) is 9.53 Å². The number of rotatable bonds is 6. The second-order valence-electron chi connectivity index (χ2n) is 3.96. The van der Waals surface area contributed by atoms with E-state index in [0.717, 1.165) is 6.42 Å². The molecule has 0 saturated heterocycles. The Hall–Kier alpha value is -1.75. The third-order valence-electron chi connectivity index (χ3n) is 2.42. The summed E-state index contributed by atoms with van der Waals surface area (Å²) >= 11 is 0. The number of anilines is 2. The van der Waals surface area contributed by atoms with E-state index in [1.165, 1.54) is 7.11 Å². The molecule has 0 saturated carbocycles. The zero-order valence-electron chi connectivity index (χ0n) is 11.0. The van der Waals surface area contributed by atoms with E-state index in [0.29, 0.717) is 23.7 Å². The first-order valence-corrected chi connectivity index (χ1v) is 5.94. The largest absolute Gasteiger partial charge is 0.495 e. The molecule has 18 heavy (non-hydrogen) atoms. The van der Waals surface area contributed by atoms with Crippen LogP contribution in [0.4, 0.5) is 11.4 Å². The molecule has 0 spiro atoms. The third kappa shape index (κ3) is 3.92. The van der Waals surface area contributed by atoms with E-state index < -0.39 is 6.10 Å². The van der Waals surface area contributed by atoms with Gasteiger partial charge < -0.3 is 20.5 Å². The van der Waals surface area contributed by atoms with Crippen LogP contribution in [0, 0.1) is 0 Å². The van der Waals surface area contributed by atoms with Gasteiger partial charge >= 0.3 is 0 Å². The lowest BCUT2D eigenvalue weighted by atomic mass is 10.2. The SMILES string of the molecule is CCCOC(C)C(=O)Nc1cc(N)ccc1OC. The van der Waals surface area contributed by atoms with E-state index in [2.05, 4.69) is 5.32 Å². The Morgan fingerprint density at radius 2 is 2.22 bits per heavy atom. The van der Waals surface area contributed by atoms with Gasteiger partial charge in [0, 0.05) is 12.3 Å². The monoisotopic (exact) mass is 252 g/mol. The Morgan fingerprint density at radius 3 is 2.83 bits per heavy atom. The summed E-state index contributed by atoms with van der Waals surface area (Å²) in [7, 11) is 1.54. The van der Waals surface area contributed by atoms with Crippen LogP contribution >= 0.6 is 0 Å². The van der Waals surface area contributed by atoms with E-state index >= 15 is 0 Å². The summed E-state index contributed by atoms with van der Waals surface area (Å²) < 4.78 is 10.5. The second kappa shape index (κ2) is 6.86. The topological polar surface area (TPSA) is 73.6 Å². The molecule has 1 rings (SSSR count). The van der Waals surface area contributed by atoms with Crippen LogP contribution in [0.1, 0.15) is 20.3 Å². The first kappa shape index (κ1) is 14.3. The number of ether oxygens (including phenoxy) is 2. The summed E-state index contributed by atoms with van der Waals surface area (Å²) in [6.45, 7) is 4.26. The molecule has 0 heterocycles. The molecule has 100 valence electrons. The number of benzene rings is 1. The number of carbonyl (C=O) groups excluding carboxylic acids is 1. The van der Waals surface area contributed by atoms with E-state index in [4.69, 9.17) is 15.2 Å². The van der Waals surface area contributed by atoms with Crippen LogP contribution < -0.4 is 15.8 Å². The smallest absolute Gasteiger partial charge is 0.253 e. The number of amides is 1. The predicted molar refractivity (Wildman–Crippen MR) is 71.7 cm³/mol. The number of hydrogen-bond donors (Lipinski definition) is 2. The molecule has 1 aromatic rings. The van der Waals surface area contributed by atoms with Gasteiger partial charge in [-0.2, -0.15) is 0 Å². The molecule has 1 unspecified atom stereocenters. The van der Waals surface area contributed by atoms with Crippen LogP contribution in [0.3, 0.4) is 0 Å². The van der Waals surface area contributed by atoms with E-state index in [9.17, 15) is 4.79 Å². The highest BCUT2D eigenvalue weighted by Crippen LogP contribution is 2.26. The minimum Gasteiger partial charge on any atom is -0.495 e.